The number of anilines is 2. The third-order valence-electron chi connectivity index (χ3n) is 3.91. The quantitative estimate of drug-likeness (QED) is 0.585. The lowest BCUT2D eigenvalue weighted by Crippen LogP contribution is -1.92. The van der Waals surface area contributed by atoms with E-state index in [0.29, 0.717) is 6.01 Å². The molecule has 134 valence electrons. The highest BCUT2D eigenvalue weighted by molar-refractivity contribution is 5.76. The molecule has 27 heavy (non-hydrogen) atoms. The van der Waals surface area contributed by atoms with Crippen molar-refractivity contribution < 1.29 is 14.0 Å². The number of hydrogen-bond acceptors (Lipinski definition) is 6. The van der Waals surface area contributed by atoms with Gasteiger partial charge in [0.25, 0.3) is 6.01 Å². The fourth-order valence-electron chi connectivity index (χ4n) is 2.65. The largest absolute Gasteiger partial charge is 0.423 e. The van der Waals surface area contributed by atoms with Gasteiger partial charge in [0, 0.05) is 18.1 Å². The molecule has 6 heteroatoms. The maximum atomic E-state index is 8.12. The summed E-state index contributed by atoms with van der Waals surface area (Å²) >= 11 is 0. The summed E-state index contributed by atoms with van der Waals surface area (Å²) in [6.07, 6.45) is 4.78. The Bertz CT molecular complexity index is 1050. The Balaban J connectivity index is 0.000000659. The van der Waals surface area contributed by atoms with Gasteiger partial charge >= 0.3 is 6.15 Å². The summed E-state index contributed by atoms with van der Waals surface area (Å²) in [7, 11) is 0. The van der Waals surface area contributed by atoms with Gasteiger partial charge in [0.2, 0.25) is 0 Å². The van der Waals surface area contributed by atoms with Crippen LogP contribution in [0.5, 0.6) is 0 Å². The first-order chi connectivity index (χ1) is 13.2. The van der Waals surface area contributed by atoms with Crippen molar-refractivity contribution in [1.82, 2.24) is 9.97 Å². The molecular weight excluding hydrogens is 342 g/mol. The number of pyridine rings is 1. The van der Waals surface area contributed by atoms with Crippen molar-refractivity contribution in [2.24, 2.45) is 0 Å². The Hall–Kier alpha value is -3.76. The van der Waals surface area contributed by atoms with Crippen LogP contribution in [0.15, 0.2) is 71.4 Å². The molecule has 0 saturated heterocycles. The highest BCUT2D eigenvalue weighted by Crippen LogP contribution is 2.23. The Labute approximate surface area is 155 Å². The Morgan fingerprint density at radius 2 is 1.63 bits per heavy atom. The minimum Gasteiger partial charge on any atom is -0.423 e. The predicted octanol–water partition coefficient (Wildman–Crippen LogP) is 4.28. The molecular formula is C21H17N3O3. The van der Waals surface area contributed by atoms with Crippen LogP contribution in [0.3, 0.4) is 0 Å². The van der Waals surface area contributed by atoms with Crippen LogP contribution in [0.1, 0.15) is 16.7 Å². The van der Waals surface area contributed by atoms with E-state index in [1.165, 1.54) is 11.1 Å². The molecule has 0 aliphatic rings. The standard InChI is InChI=1S/C20H17N3O.CO2/c1-14-2-7-18-19(12-14)24-20(23-18)22-17-5-3-15(4-6-17)13-16-8-10-21-11-9-16;2-1-3/h2-12H,13H2,1H3,(H,22,23);. The molecule has 0 aliphatic heterocycles. The van der Waals surface area contributed by atoms with Gasteiger partial charge in [0.15, 0.2) is 5.58 Å². The Morgan fingerprint density at radius 3 is 2.33 bits per heavy atom. The van der Waals surface area contributed by atoms with E-state index >= 15 is 0 Å². The second-order valence-electron chi connectivity index (χ2n) is 5.93. The first-order valence-electron chi connectivity index (χ1n) is 8.29. The molecule has 4 rings (SSSR count). The topological polar surface area (TPSA) is 85.1 Å². The lowest BCUT2D eigenvalue weighted by Gasteiger charge is -2.04. The van der Waals surface area contributed by atoms with Crippen LogP contribution < -0.4 is 5.32 Å². The van der Waals surface area contributed by atoms with Gasteiger partial charge in [0.1, 0.15) is 5.52 Å². The highest BCUT2D eigenvalue weighted by atomic mass is 16.4. The van der Waals surface area contributed by atoms with E-state index in [1.807, 2.05) is 61.8 Å². The number of carbonyl (C=O) groups excluding carboxylic acids is 2. The van der Waals surface area contributed by atoms with Gasteiger partial charge in [0.05, 0.1) is 0 Å². The number of nitrogens with zero attached hydrogens (tertiary/aromatic N) is 2. The number of nitrogens with one attached hydrogen (secondary N) is 1. The van der Waals surface area contributed by atoms with Gasteiger partial charge in [-0.25, -0.2) is 0 Å². The van der Waals surface area contributed by atoms with Crippen LogP contribution in [-0.4, -0.2) is 16.1 Å². The number of aryl methyl sites for hydroxylation is 1. The smallest absolute Gasteiger partial charge is 0.373 e. The lowest BCUT2D eigenvalue weighted by molar-refractivity contribution is -0.191. The monoisotopic (exact) mass is 359 g/mol. The van der Waals surface area contributed by atoms with Crippen molar-refractivity contribution in [3.63, 3.8) is 0 Å². The van der Waals surface area contributed by atoms with Crippen LogP contribution in [0.2, 0.25) is 0 Å². The van der Waals surface area contributed by atoms with Crippen molar-refractivity contribution >= 4 is 29.0 Å². The first-order valence-corrected chi connectivity index (χ1v) is 8.29. The molecule has 4 aromatic rings. The van der Waals surface area contributed by atoms with Crippen molar-refractivity contribution in [2.75, 3.05) is 5.32 Å². The van der Waals surface area contributed by atoms with Crippen molar-refractivity contribution in [3.8, 4) is 0 Å². The fourth-order valence-corrected chi connectivity index (χ4v) is 2.65. The number of aromatic nitrogens is 2. The van der Waals surface area contributed by atoms with Gasteiger partial charge < -0.3 is 9.73 Å². The first kappa shape index (κ1) is 18.0. The zero-order chi connectivity index (χ0) is 19.1. The number of rotatable bonds is 4. The molecule has 0 unspecified atom stereocenters. The zero-order valence-electron chi connectivity index (χ0n) is 14.7. The maximum Gasteiger partial charge on any atom is 0.373 e. The zero-order valence-corrected chi connectivity index (χ0v) is 14.7. The molecule has 2 aromatic carbocycles. The predicted molar refractivity (Wildman–Crippen MR) is 101 cm³/mol. The number of oxazole rings is 1. The lowest BCUT2D eigenvalue weighted by atomic mass is 10.1. The van der Waals surface area contributed by atoms with Crippen LogP contribution >= 0.6 is 0 Å². The van der Waals surface area contributed by atoms with Crippen molar-refractivity contribution in [2.45, 2.75) is 13.3 Å². The molecule has 0 bridgehead atoms. The third-order valence-corrected chi connectivity index (χ3v) is 3.91. The van der Waals surface area contributed by atoms with Gasteiger partial charge in [-0.15, -0.1) is 0 Å². The summed E-state index contributed by atoms with van der Waals surface area (Å²) in [5.41, 5.74) is 6.27. The van der Waals surface area contributed by atoms with Crippen LogP contribution in [0.25, 0.3) is 11.1 Å². The molecule has 2 aromatic heterocycles. The molecule has 0 spiro atoms. The molecule has 1 N–H and O–H groups in total. The summed E-state index contributed by atoms with van der Waals surface area (Å²) in [6, 6.07) is 18.9. The van der Waals surface area contributed by atoms with E-state index < -0.39 is 0 Å². The van der Waals surface area contributed by atoms with Gasteiger partial charge in [-0.3, -0.25) is 4.98 Å². The highest BCUT2D eigenvalue weighted by Gasteiger charge is 2.06. The summed E-state index contributed by atoms with van der Waals surface area (Å²) in [4.78, 5) is 24.7. The minimum atomic E-state index is 0.250. The van der Waals surface area contributed by atoms with E-state index in [9.17, 15) is 0 Å². The molecule has 0 radical (unpaired) electrons. The Kier molecular flexibility index (Phi) is 5.72. The van der Waals surface area contributed by atoms with E-state index in [2.05, 4.69) is 27.4 Å². The van der Waals surface area contributed by atoms with E-state index in [4.69, 9.17) is 14.0 Å². The summed E-state index contributed by atoms with van der Waals surface area (Å²) < 4.78 is 5.75. The van der Waals surface area contributed by atoms with Gasteiger partial charge in [-0.05, 0) is 66.4 Å². The van der Waals surface area contributed by atoms with Crippen LogP contribution in [-0.2, 0) is 16.0 Å². The molecule has 0 amide bonds. The van der Waals surface area contributed by atoms with Crippen molar-refractivity contribution in [1.29, 1.82) is 0 Å². The number of fused-ring (bicyclic) bond motifs is 1. The van der Waals surface area contributed by atoms with Crippen LogP contribution in [0, 0.1) is 6.92 Å². The molecule has 0 atom stereocenters. The van der Waals surface area contributed by atoms with Gasteiger partial charge in [-0.1, -0.05) is 18.2 Å². The van der Waals surface area contributed by atoms with E-state index in [0.717, 1.165) is 28.8 Å². The van der Waals surface area contributed by atoms with Gasteiger partial charge in [-0.2, -0.15) is 14.6 Å². The summed E-state index contributed by atoms with van der Waals surface area (Å²) in [5.74, 6) is 0. The van der Waals surface area contributed by atoms with Crippen LogP contribution in [0.4, 0.5) is 11.7 Å². The van der Waals surface area contributed by atoms with Crippen molar-refractivity contribution in [3.05, 3.63) is 83.7 Å². The fraction of sp³-hybridized carbons (Fsp3) is 0.0952. The molecule has 0 saturated carbocycles. The number of benzene rings is 2. The third kappa shape index (κ3) is 4.87. The number of hydrogen-bond donors (Lipinski definition) is 1. The SMILES string of the molecule is Cc1ccc2nc(Nc3ccc(Cc4ccncc4)cc3)oc2c1.O=C=O. The second-order valence-corrected chi connectivity index (χ2v) is 5.93. The summed E-state index contributed by atoms with van der Waals surface area (Å²) in [5, 5.41) is 3.22. The average molecular weight is 359 g/mol. The van der Waals surface area contributed by atoms with E-state index in [1.54, 1.807) is 0 Å². The Morgan fingerprint density at radius 1 is 0.963 bits per heavy atom. The summed E-state index contributed by atoms with van der Waals surface area (Å²) in [6.45, 7) is 2.04. The maximum absolute atomic E-state index is 8.12. The molecule has 0 aliphatic carbocycles. The second kappa shape index (κ2) is 8.56. The molecule has 2 heterocycles. The van der Waals surface area contributed by atoms with E-state index in [-0.39, 0.29) is 6.15 Å². The minimum absolute atomic E-state index is 0.250. The normalized spacial score (nSPS) is 9.96. The molecule has 0 fully saturated rings. The molecule has 6 nitrogen and oxygen atoms in total. The average Bonchev–Trinajstić information content (AvgIpc) is 3.06.